The fourth-order valence-electron chi connectivity index (χ4n) is 3.08. The van der Waals surface area contributed by atoms with Crippen molar-refractivity contribution >= 4 is 11.6 Å². The molecule has 0 bridgehead atoms. The van der Waals surface area contributed by atoms with E-state index >= 15 is 0 Å². The molecule has 126 valence electrons. The topological polar surface area (TPSA) is 73.6 Å². The number of amides is 1. The summed E-state index contributed by atoms with van der Waals surface area (Å²) >= 11 is 0. The highest BCUT2D eigenvalue weighted by Crippen LogP contribution is 2.28. The summed E-state index contributed by atoms with van der Waals surface area (Å²) in [6.07, 6.45) is 5.21. The van der Waals surface area contributed by atoms with Crippen molar-refractivity contribution in [3.05, 3.63) is 24.0 Å². The van der Waals surface area contributed by atoms with Gasteiger partial charge in [0.2, 0.25) is 5.91 Å². The van der Waals surface area contributed by atoms with E-state index in [2.05, 4.69) is 5.32 Å². The summed E-state index contributed by atoms with van der Waals surface area (Å²) < 4.78 is 25.1. The van der Waals surface area contributed by atoms with Crippen molar-refractivity contribution < 1.29 is 18.7 Å². The summed E-state index contributed by atoms with van der Waals surface area (Å²) in [6.45, 7) is 0.929. The van der Waals surface area contributed by atoms with Crippen LogP contribution in [0.4, 0.5) is 10.1 Å². The van der Waals surface area contributed by atoms with Crippen LogP contribution in [0.25, 0.3) is 0 Å². The van der Waals surface area contributed by atoms with Gasteiger partial charge in [-0.15, -0.1) is 0 Å². The minimum atomic E-state index is -0.951. The maximum atomic E-state index is 14.2. The van der Waals surface area contributed by atoms with Crippen LogP contribution in [-0.2, 0) is 9.53 Å². The molecule has 0 aromatic heterocycles. The number of ether oxygens (including phenoxy) is 2. The number of carbonyl (C=O) groups is 1. The molecule has 1 saturated heterocycles. The first-order valence-corrected chi connectivity index (χ1v) is 8.21. The number of hydrogen-bond acceptors (Lipinski definition) is 4. The molecule has 0 radical (unpaired) electrons. The van der Waals surface area contributed by atoms with E-state index in [4.69, 9.17) is 15.2 Å². The van der Waals surface area contributed by atoms with Crippen molar-refractivity contribution in [1.82, 2.24) is 0 Å². The molecule has 1 aliphatic carbocycles. The van der Waals surface area contributed by atoms with E-state index in [1.165, 1.54) is 6.07 Å². The standard InChI is InChI=1S/C17H23FN2O3/c18-14-11-12(5-6-15(14)23-13-3-1-2-4-13)20-16(21)17(19)7-9-22-10-8-17/h5-6,11,13H,1-4,7-10,19H2,(H,20,21). The van der Waals surface area contributed by atoms with E-state index in [0.29, 0.717) is 31.7 Å². The zero-order valence-electron chi connectivity index (χ0n) is 13.1. The Balaban J connectivity index is 1.64. The highest BCUT2D eigenvalue weighted by atomic mass is 19.1. The number of hydrogen-bond donors (Lipinski definition) is 2. The maximum Gasteiger partial charge on any atom is 0.244 e. The molecule has 0 spiro atoms. The molecule has 2 fully saturated rings. The summed E-state index contributed by atoms with van der Waals surface area (Å²) in [6, 6.07) is 4.50. The molecular weight excluding hydrogens is 299 g/mol. The number of carbonyl (C=O) groups excluding carboxylic acids is 1. The summed E-state index contributed by atoms with van der Waals surface area (Å²) in [5.74, 6) is -0.527. The summed E-state index contributed by atoms with van der Waals surface area (Å²) in [5.41, 5.74) is 5.56. The Hall–Kier alpha value is -1.66. The van der Waals surface area contributed by atoms with Gasteiger partial charge in [0, 0.05) is 25.0 Å². The van der Waals surface area contributed by atoms with Gasteiger partial charge in [-0.05, 0) is 50.7 Å². The number of rotatable bonds is 4. The molecule has 6 heteroatoms. The average molecular weight is 322 g/mol. The lowest BCUT2D eigenvalue weighted by Gasteiger charge is -2.31. The zero-order valence-corrected chi connectivity index (χ0v) is 13.1. The second-order valence-electron chi connectivity index (χ2n) is 6.39. The molecule has 1 aliphatic heterocycles. The normalized spacial score (nSPS) is 21.1. The van der Waals surface area contributed by atoms with E-state index in [-0.39, 0.29) is 17.8 Å². The van der Waals surface area contributed by atoms with Crippen LogP contribution in [0.5, 0.6) is 5.75 Å². The van der Waals surface area contributed by atoms with Gasteiger partial charge >= 0.3 is 0 Å². The minimum Gasteiger partial charge on any atom is -0.487 e. The average Bonchev–Trinajstić information content (AvgIpc) is 3.04. The van der Waals surface area contributed by atoms with Crippen LogP contribution in [0.1, 0.15) is 38.5 Å². The van der Waals surface area contributed by atoms with Crippen molar-refractivity contribution in [2.24, 2.45) is 5.73 Å². The quantitative estimate of drug-likeness (QED) is 0.893. The Morgan fingerprint density at radius 1 is 1.30 bits per heavy atom. The molecule has 1 aromatic rings. The largest absolute Gasteiger partial charge is 0.487 e. The molecule has 0 atom stereocenters. The fourth-order valence-corrected chi connectivity index (χ4v) is 3.08. The number of benzene rings is 1. The summed E-state index contributed by atoms with van der Waals surface area (Å²) in [7, 11) is 0. The highest BCUT2D eigenvalue weighted by molar-refractivity contribution is 5.98. The molecule has 1 heterocycles. The van der Waals surface area contributed by atoms with E-state index in [9.17, 15) is 9.18 Å². The Kier molecular flexibility index (Phi) is 4.82. The summed E-state index contributed by atoms with van der Waals surface area (Å²) in [4.78, 5) is 12.3. The lowest BCUT2D eigenvalue weighted by molar-refractivity contribution is -0.124. The number of halogens is 1. The van der Waals surface area contributed by atoms with E-state index in [1.807, 2.05) is 0 Å². The van der Waals surface area contributed by atoms with Crippen LogP contribution in [0, 0.1) is 5.82 Å². The maximum absolute atomic E-state index is 14.2. The number of nitrogens with two attached hydrogens (primary N) is 1. The molecule has 1 saturated carbocycles. The van der Waals surface area contributed by atoms with Crippen LogP contribution in [0.15, 0.2) is 18.2 Å². The summed E-state index contributed by atoms with van der Waals surface area (Å²) in [5, 5.41) is 2.70. The van der Waals surface area contributed by atoms with Gasteiger partial charge in [-0.3, -0.25) is 4.79 Å². The third kappa shape index (κ3) is 3.82. The first kappa shape index (κ1) is 16.2. The van der Waals surface area contributed by atoms with Crippen molar-refractivity contribution in [3.8, 4) is 5.75 Å². The predicted octanol–water partition coefficient (Wildman–Crippen LogP) is 2.59. The monoisotopic (exact) mass is 322 g/mol. The first-order valence-electron chi connectivity index (χ1n) is 8.21. The molecular formula is C17H23FN2O3. The third-order valence-electron chi connectivity index (χ3n) is 4.62. The van der Waals surface area contributed by atoms with Gasteiger partial charge in [0.15, 0.2) is 11.6 Å². The van der Waals surface area contributed by atoms with E-state index in [0.717, 1.165) is 25.7 Å². The van der Waals surface area contributed by atoms with E-state index in [1.54, 1.807) is 12.1 Å². The van der Waals surface area contributed by atoms with Gasteiger partial charge in [0.1, 0.15) is 5.54 Å². The number of nitrogens with one attached hydrogen (secondary N) is 1. The Labute approximate surface area is 135 Å². The van der Waals surface area contributed by atoms with Gasteiger partial charge in [-0.2, -0.15) is 0 Å². The first-order chi connectivity index (χ1) is 11.1. The Morgan fingerprint density at radius 3 is 2.65 bits per heavy atom. The Bertz CT molecular complexity index is 567. The molecule has 5 nitrogen and oxygen atoms in total. The molecule has 1 aromatic carbocycles. The van der Waals surface area contributed by atoms with Crippen LogP contribution >= 0.6 is 0 Å². The second-order valence-corrected chi connectivity index (χ2v) is 6.39. The molecule has 3 N–H and O–H groups in total. The van der Waals surface area contributed by atoms with Crippen molar-refractivity contribution in [3.63, 3.8) is 0 Å². The lowest BCUT2D eigenvalue weighted by atomic mass is 9.90. The van der Waals surface area contributed by atoms with Gasteiger partial charge in [0.25, 0.3) is 0 Å². The van der Waals surface area contributed by atoms with E-state index < -0.39 is 11.4 Å². The van der Waals surface area contributed by atoms with Crippen molar-refractivity contribution in [2.45, 2.75) is 50.2 Å². The van der Waals surface area contributed by atoms with Crippen LogP contribution in [0.3, 0.4) is 0 Å². The van der Waals surface area contributed by atoms with Gasteiger partial charge < -0.3 is 20.5 Å². The molecule has 1 amide bonds. The Morgan fingerprint density at radius 2 is 2.00 bits per heavy atom. The van der Waals surface area contributed by atoms with Gasteiger partial charge in [-0.25, -0.2) is 4.39 Å². The van der Waals surface area contributed by atoms with Crippen LogP contribution in [-0.4, -0.2) is 30.8 Å². The van der Waals surface area contributed by atoms with Gasteiger partial charge in [-0.1, -0.05) is 0 Å². The SMILES string of the molecule is NC1(C(=O)Nc2ccc(OC3CCCC3)c(F)c2)CCOCC1. The molecule has 23 heavy (non-hydrogen) atoms. The second kappa shape index (κ2) is 6.84. The van der Waals surface area contributed by atoms with Crippen LogP contribution in [0.2, 0.25) is 0 Å². The molecule has 3 rings (SSSR count). The van der Waals surface area contributed by atoms with Crippen molar-refractivity contribution in [2.75, 3.05) is 18.5 Å². The predicted molar refractivity (Wildman–Crippen MR) is 84.9 cm³/mol. The van der Waals surface area contributed by atoms with Gasteiger partial charge in [0.05, 0.1) is 6.10 Å². The lowest BCUT2D eigenvalue weighted by Crippen LogP contribution is -2.54. The minimum absolute atomic E-state index is 0.0968. The fraction of sp³-hybridized carbons (Fsp3) is 0.588. The van der Waals surface area contributed by atoms with Crippen molar-refractivity contribution in [1.29, 1.82) is 0 Å². The third-order valence-corrected chi connectivity index (χ3v) is 4.62. The zero-order chi connectivity index (χ0) is 16.3. The molecule has 2 aliphatic rings. The highest BCUT2D eigenvalue weighted by Gasteiger charge is 2.36. The van der Waals surface area contributed by atoms with Crippen LogP contribution < -0.4 is 15.8 Å². The number of anilines is 1. The molecule has 0 unspecified atom stereocenters. The smallest absolute Gasteiger partial charge is 0.244 e.